The molecule has 112 valence electrons. The molecule has 21 heavy (non-hydrogen) atoms. The van der Waals surface area contributed by atoms with Gasteiger partial charge in [-0.1, -0.05) is 6.07 Å². The van der Waals surface area contributed by atoms with Crippen LogP contribution in [-0.2, 0) is 20.7 Å². The normalized spacial score (nSPS) is 27.1. The number of nitrogens with one attached hydrogen (secondary N) is 1. The van der Waals surface area contributed by atoms with Gasteiger partial charge in [0.25, 0.3) is 0 Å². The Bertz CT molecular complexity index is 598. The van der Waals surface area contributed by atoms with E-state index in [1.165, 1.54) is 6.92 Å². The van der Waals surface area contributed by atoms with Crippen molar-refractivity contribution < 1.29 is 19.1 Å². The lowest BCUT2D eigenvalue weighted by Crippen LogP contribution is -2.44. The van der Waals surface area contributed by atoms with Crippen LogP contribution in [0, 0.1) is 5.41 Å². The molecular formula is C16H19NO4. The maximum absolute atomic E-state index is 11.9. The van der Waals surface area contributed by atoms with Crippen LogP contribution in [0.25, 0.3) is 0 Å². The van der Waals surface area contributed by atoms with Crippen molar-refractivity contribution in [3.8, 4) is 5.75 Å². The van der Waals surface area contributed by atoms with Crippen LogP contribution in [0.5, 0.6) is 5.75 Å². The lowest BCUT2D eigenvalue weighted by atomic mass is 9.74. The summed E-state index contributed by atoms with van der Waals surface area (Å²) < 4.78 is 10.9. The molecular weight excluding hydrogens is 270 g/mol. The van der Waals surface area contributed by atoms with E-state index in [4.69, 9.17) is 9.47 Å². The number of carbonyl (C=O) groups excluding carboxylic acids is 2. The molecule has 2 aliphatic rings. The van der Waals surface area contributed by atoms with Gasteiger partial charge < -0.3 is 14.8 Å². The van der Waals surface area contributed by atoms with Gasteiger partial charge in [-0.25, -0.2) is 0 Å². The zero-order chi connectivity index (χ0) is 15.0. The largest absolute Gasteiger partial charge is 0.497 e. The van der Waals surface area contributed by atoms with Gasteiger partial charge in [-0.3, -0.25) is 9.59 Å². The summed E-state index contributed by atoms with van der Waals surface area (Å²) in [5.74, 6) is 0.447. The summed E-state index contributed by atoms with van der Waals surface area (Å²) in [6.45, 7) is 2.04. The molecule has 5 nitrogen and oxygen atoms in total. The second kappa shape index (κ2) is 5.06. The molecule has 1 spiro atoms. The highest BCUT2D eigenvalue weighted by Gasteiger charge is 2.50. The Labute approximate surface area is 123 Å². The van der Waals surface area contributed by atoms with Crippen molar-refractivity contribution in [1.29, 1.82) is 0 Å². The molecule has 1 N–H and O–H groups in total. The molecule has 1 heterocycles. The highest BCUT2D eigenvalue weighted by atomic mass is 16.5. The molecule has 1 fully saturated rings. The monoisotopic (exact) mass is 289 g/mol. The average molecular weight is 289 g/mol. The molecule has 1 amide bonds. The average Bonchev–Trinajstić information content (AvgIpc) is 2.71. The molecule has 1 aliphatic heterocycles. The Kier molecular flexibility index (Phi) is 3.35. The van der Waals surface area contributed by atoms with Crippen LogP contribution in [0.3, 0.4) is 0 Å². The number of hydrogen-bond donors (Lipinski definition) is 1. The van der Waals surface area contributed by atoms with Crippen LogP contribution in [0.1, 0.15) is 37.0 Å². The maximum atomic E-state index is 11.9. The number of benzene rings is 1. The van der Waals surface area contributed by atoms with E-state index >= 15 is 0 Å². The minimum absolute atomic E-state index is 0.0261. The van der Waals surface area contributed by atoms with Gasteiger partial charge >= 0.3 is 5.97 Å². The lowest BCUT2D eigenvalue weighted by molar-refractivity contribution is -0.157. The number of amides is 1. The number of methoxy groups -OCH3 is 1. The van der Waals surface area contributed by atoms with Gasteiger partial charge in [-0.2, -0.15) is 0 Å². The van der Waals surface area contributed by atoms with Crippen molar-refractivity contribution in [2.45, 2.75) is 32.3 Å². The van der Waals surface area contributed by atoms with E-state index in [9.17, 15) is 9.59 Å². The van der Waals surface area contributed by atoms with E-state index < -0.39 is 0 Å². The van der Waals surface area contributed by atoms with Gasteiger partial charge in [0.2, 0.25) is 5.91 Å². The predicted molar refractivity (Wildman–Crippen MR) is 75.9 cm³/mol. The zero-order valence-corrected chi connectivity index (χ0v) is 12.3. The first kappa shape index (κ1) is 13.9. The highest BCUT2D eigenvalue weighted by Crippen LogP contribution is 2.53. The van der Waals surface area contributed by atoms with Gasteiger partial charge in [0.15, 0.2) is 0 Å². The Morgan fingerprint density at radius 2 is 2.19 bits per heavy atom. The molecule has 1 saturated heterocycles. The molecule has 1 aromatic rings. The first-order chi connectivity index (χ1) is 10.0. The van der Waals surface area contributed by atoms with E-state index in [0.717, 1.165) is 29.7 Å². The predicted octanol–water partition coefficient (Wildman–Crippen LogP) is 1.75. The summed E-state index contributed by atoms with van der Waals surface area (Å²) >= 11 is 0. The van der Waals surface area contributed by atoms with Gasteiger partial charge in [0.1, 0.15) is 11.9 Å². The van der Waals surface area contributed by atoms with Crippen molar-refractivity contribution in [3.63, 3.8) is 0 Å². The molecule has 0 radical (unpaired) electrons. The fraction of sp³-hybridized carbons (Fsp3) is 0.500. The van der Waals surface area contributed by atoms with Gasteiger partial charge in [-0.15, -0.1) is 0 Å². The van der Waals surface area contributed by atoms with E-state index in [2.05, 4.69) is 5.32 Å². The lowest BCUT2D eigenvalue weighted by Gasteiger charge is -2.37. The first-order valence-corrected chi connectivity index (χ1v) is 7.15. The third kappa shape index (κ3) is 2.37. The minimum atomic E-state index is -0.369. The summed E-state index contributed by atoms with van der Waals surface area (Å²) in [7, 11) is 1.61. The quantitative estimate of drug-likeness (QED) is 0.842. The van der Waals surface area contributed by atoms with Gasteiger partial charge in [0.05, 0.1) is 7.11 Å². The first-order valence-electron chi connectivity index (χ1n) is 7.15. The second-order valence-electron chi connectivity index (χ2n) is 5.87. The third-order valence-corrected chi connectivity index (χ3v) is 4.48. The Hall–Kier alpha value is -2.04. The van der Waals surface area contributed by atoms with Crippen molar-refractivity contribution in [2.75, 3.05) is 13.7 Å². The summed E-state index contributed by atoms with van der Waals surface area (Å²) in [5.41, 5.74) is 1.79. The second-order valence-corrected chi connectivity index (χ2v) is 5.87. The Morgan fingerprint density at radius 1 is 1.38 bits per heavy atom. The van der Waals surface area contributed by atoms with Crippen molar-refractivity contribution in [2.24, 2.45) is 5.41 Å². The number of fused-ring (bicyclic) bond motifs is 1. The minimum Gasteiger partial charge on any atom is -0.497 e. The van der Waals surface area contributed by atoms with Crippen LogP contribution < -0.4 is 10.1 Å². The van der Waals surface area contributed by atoms with E-state index in [0.29, 0.717) is 13.0 Å². The van der Waals surface area contributed by atoms with Gasteiger partial charge in [0, 0.05) is 25.3 Å². The van der Waals surface area contributed by atoms with Crippen molar-refractivity contribution in [3.05, 3.63) is 29.3 Å². The SMILES string of the molecule is COc1ccc2c(c1)C(OC(C)=O)C1(CCNC(=O)C1)C2. The van der Waals surface area contributed by atoms with E-state index in [-0.39, 0.29) is 23.4 Å². The molecule has 3 rings (SSSR count). The molecule has 0 bridgehead atoms. The Morgan fingerprint density at radius 3 is 2.86 bits per heavy atom. The summed E-state index contributed by atoms with van der Waals surface area (Å²) in [6, 6.07) is 5.84. The number of carbonyl (C=O) groups is 2. The van der Waals surface area contributed by atoms with Crippen molar-refractivity contribution >= 4 is 11.9 Å². The van der Waals surface area contributed by atoms with E-state index in [1.54, 1.807) is 7.11 Å². The fourth-order valence-electron chi connectivity index (χ4n) is 3.56. The molecule has 5 heteroatoms. The van der Waals surface area contributed by atoms with Crippen LogP contribution >= 0.6 is 0 Å². The highest BCUT2D eigenvalue weighted by molar-refractivity contribution is 5.78. The van der Waals surface area contributed by atoms with Crippen LogP contribution in [0.15, 0.2) is 18.2 Å². The summed E-state index contributed by atoms with van der Waals surface area (Å²) in [5, 5.41) is 2.85. The van der Waals surface area contributed by atoms with E-state index in [1.807, 2.05) is 18.2 Å². The van der Waals surface area contributed by atoms with Crippen LogP contribution in [0.4, 0.5) is 0 Å². The maximum Gasteiger partial charge on any atom is 0.303 e. The zero-order valence-electron chi connectivity index (χ0n) is 12.3. The molecule has 0 aromatic heterocycles. The Balaban J connectivity index is 2.03. The molecule has 2 unspecified atom stereocenters. The molecule has 2 atom stereocenters. The molecule has 0 saturated carbocycles. The van der Waals surface area contributed by atoms with Crippen molar-refractivity contribution in [1.82, 2.24) is 5.32 Å². The van der Waals surface area contributed by atoms with Gasteiger partial charge in [-0.05, 0) is 36.1 Å². The number of hydrogen-bond acceptors (Lipinski definition) is 4. The summed E-state index contributed by atoms with van der Waals surface area (Å²) in [4.78, 5) is 23.4. The number of ether oxygens (including phenoxy) is 2. The number of rotatable bonds is 2. The fourth-order valence-corrected chi connectivity index (χ4v) is 3.56. The molecule has 1 aliphatic carbocycles. The number of esters is 1. The smallest absolute Gasteiger partial charge is 0.303 e. The standard InChI is InChI=1S/C16H19NO4/c1-10(18)21-15-13-7-12(20-2)4-3-11(13)8-16(15)5-6-17-14(19)9-16/h3-4,7,15H,5-6,8-9H2,1-2H3,(H,17,19). The topological polar surface area (TPSA) is 64.6 Å². The van der Waals surface area contributed by atoms with Crippen LogP contribution in [0.2, 0.25) is 0 Å². The molecule has 1 aromatic carbocycles. The summed E-state index contributed by atoms with van der Waals surface area (Å²) in [6.07, 6.45) is 1.60. The van der Waals surface area contributed by atoms with Crippen LogP contribution in [-0.4, -0.2) is 25.5 Å². The number of piperidine rings is 1. The third-order valence-electron chi connectivity index (χ3n) is 4.48.